The van der Waals surface area contributed by atoms with Gasteiger partial charge in [-0.25, -0.2) is 0 Å². The molecule has 1 aliphatic rings. The molecule has 1 saturated carbocycles. The van der Waals surface area contributed by atoms with E-state index in [9.17, 15) is 4.79 Å². The van der Waals surface area contributed by atoms with Crippen molar-refractivity contribution in [2.24, 2.45) is 11.8 Å². The maximum Gasteiger partial charge on any atom is 0.175 e. The van der Waals surface area contributed by atoms with Crippen LogP contribution in [-0.4, -0.2) is 5.78 Å². The van der Waals surface area contributed by atoms with Crippen LogP contribution in [0.1, 0.15) is 48.7 Å². The van der Waals surface area contributed by atoms with Gasteiger partial charge in [0.1, 0.15) is 0 Å². The van der Waals surface area contributed by atoms with E-state index in [4.69, 9.17) is 0 Å². The highest BCUT2D eigenvalue weighted by Crippen LogP contribution is 2.33. The average Bonchev–Trinajstić information content (AvgIpc) is 2.82. The molecule has 2 rings (SSSR count). The Balaban J connectivity index is 1.93. The first-order valence-corrected chi connectivity index (χ1v) is 6.77. The maximum absolute atomic E-state index is 12.1. The van der Waals surface area contributed by atoms with E-state index in [1.807, 2.05) is 17.5 Å². The fourth-order valence-electron chi connectivity index (χ4n) is 2.45. The minimum Gasteiger partial charge on any atom is -0.293 e. The molecule has 0 aliphatic heterocycles. The number of hydrogen-bond acceptors (Lipinski definition) is 2. The number of thiophene rings is 1. The largest absolute Gasteiger partial charge is 0.293 e. The van der Waals surface area contributed by atoms with Gasteiger partial charge in [0.05, 0.1) is 4.88 Å². The maximum atomic E-state index is 12.1. The van der Waals surface area contributed by atoms with Gasteiger partial charge in [-0.1, -0.05) is 19.4 Å². The fraction of sp³-hybridized carbons (Fsp3) is 0.615. The molecule has 0 spiro atoms. The predicted molar refractivity (Wildman–Crippen MR) is 64.4 cm³/mol. The quantitative estimate of drug-likeness (QED) is 0.702. The van der Waals surface area contributed by atoms with Gasteiger partial charge >= 0.3 is 0 Å². The van der Waals surface area contributed by atoms with Crippen molar-refractivity contribution in [3.8, 4) is 0 Å². The van der Waals surface area contributed by atoms with Gasteiger partial charge in [0, 0.05) is 5.92 Å². The minimum atomic E-state index is 0.312. The van der Waals surface area contributed by atoms with Crippen molar-refractivity contribution in [1.29, 1.82) is 0 Å². The molecule has 82 valence electrons. The van der Waals surface area contributed by atoms with E-state index in [0.717, 1.165) is 23.6 Å². The molecule has 0 unspecified atom stereocenters. The van der Waals surface area contributed by atoms with Gasteiger partial charge in [0.25, 0.3) is 0 Å². The second-order valence-electron chi connectivity index (χ2n) is 4.47. The number of carbonyl (C=O) groups is 1. The summed E-state index contributed by atoms with van der Waals surface area (Å²) in [5.74, 6) is 1.57. The van der Waals surface area contributed by atoms with E-state index < -0.39 is 0 Å². The Morgan fingerprint density at radius 3 is 2.67 bits per heavy atom. The summed E-state index contributed by atoms with van der Waals surface area (Å²) in [6.45, 7) is 2.26. The second-order valence-corrected chi connectivity index (χ2v) is 5.42. The van der Waals surface area contributed by atoms with Gasteiger partial charge in [0.2, 0.25) is 0 Å². The van der Waals surface area contributed by atoms with Crippen molar-refractivity contribution >= 4 is 17.1 Å². The number of hydrogen-bond donors (Lipinski definition) is 0. The predicted octanol–water partition coefficient (Wildman–Crippen LogP) is 4.15. The van der Waals surface area contributed by atoms with Gasteiger partial charge in [-0.3, -0.25) is 4.79 Å². The molecule has 1 aromatic heterocycles. The van der Waals surface area contributed by atoms with Crippen molar-refractivity contribution in [2.75, 3.05) is 0 Å². The highest BCUT2D eigenvalue weighted by Gasteiger charge is 2.26. The van der Waals surface area contributed by atoms with Crippen LogP contribution in [0.15, 0.2) is 17.5 Å². The lowest BCUT2D eigenvalue weighted by molar-refractivity contribution is 0.0875. The minimum absolute atomic E-state index is 0.312. The van der Waals surface area contributed by atoms with E-state index in [0.29, 0.717) is 11.7 Å². The van der Waals surface area contributed by atoms with Crippen LogP contribution in [0, 0.1) is 11.8 Å². The van der Waals surface area contributed by atoms with E-state index in [2.05, 4.69) is 6.92 Å². The van der Waals surface area contributed by atoms with E-state index in [-0.39, 0.29) is 0 Å². The third kappa shape index (κ3) is 2.49. The summed E-state index contributed by atoms with van der Waals surface area (Å²) in [5.41, 5.74) is 0. The molecule has 1 fully saturated rings. The van der Waals surface area contributed by atoms with Crippen molar-refractivity contribution in [3.05, 3.63) is 22.4 Å². The first-order chi connectivity index (χ1) is 7.31. The Morgan fingerprint density at radius 2 is 2.13 bits per heavy atom. The monoisotopic (exact) mass is 222 g/mol. The van der Waals surface area contributed by atoms with Crippen LogP contribution in [-0.2, 0) is 0 Å². The summed E-state index contributed by atoms with van der Waals surface area (Å²) in [7, 11) is 0. The zero-order valence-corrected chi connectivity index (χ0v) is 10.1. The summed E-state index contributed by atoms with van der Waals surface area (Å²) in [6.07, 6.45) is 5.99. The number of rotatable bonds is 3. The summed E-state index contributed by atoms with van der Waals surface area (Å²) >= 11 is 1.58. The second kappa shape index (κ2) is 4.93. The fourth-order valence-corrected chi connectivity index (χ4v) is 3.20. The van der Waals surface area contributed by atoms with Crippen LogP contribution in [0.25, 0.3) is 0 Å². The SMILES string of the molecule is CCC1CCC(C(=O)c2cccs2)CC1. The zero-order valence-electron chi connectivity index (χ0n) is 9.24. The highest BCUT2D eigenvalue weighted by molar-refractivity contribution is 7.12. The van der Waals surface area contributed by atoms with Crippen LogP contribution in [0.3, 0.4) is 0 Å². The zero-order chi connectivity index (χ0) is 10.7. The van der Waals surface area contributed by atoms with Crippen molar-refractivity contribution in [2.45, 2.75) is 39.0 Å². The summed E-state index contributed by atoms with van der Waals surface area (Å²) in [4.78, 5) is 13.0. The topological polar surface area (TPSA) is 17.1 Å². The highest BCUT2D eigenvalue weighted by atomic mass is 32.1. The molecule has 0 aromatic carbocycles. The van der Waals surface area contributed by atoms with Gasteiger partial charge in [-0.15, -0.1) is 11.3 Å². The van der Waals surface area contributed by atoms with Gasteiger partial charge < -0.3 is 0 Å². The first-order valence-electron chi connectivity index (χ1n) is 5.89. The van der Waals surface area contributed by atoms with Gasteiger partial charge in [-0.05, 0) is 43.0 Å². The van der Waals surface area contributed by atoms with Crippen molar-refractivity contribution in [3.63, 3.8) is 0 Å². The normalized spacial score (nSPS) is 26.5. The van der Waals surface area contributed by atoms with Crippen LogP contribution >= 0.6 is 11.3 Å². The van der Waals surface area contributed by atoms with E-state index >= 15 is 0 Å². The summed E-state index contributed by atoms with van der Waals surface area (Å²) in [5, 5.41) is 1.99. The molecule has 0 atom stereocenters. The standard InChI is InChI=1S/C13H18OS/c1-2-10-5-7-11(8-6-10)13(14)12-4-3-9-15-12/h3-4,9-11H,2,5-8H2,1H3. The molecule has 1 nitrogen and oxygen atoms in total. The summed E-state index contributed by atoms with van der Waals surface area (Å²) < 4.78 is 0. The molecule has 1 aromatic rings. The Labute approximate surface area is 95.5 Å². The molecular formula is C13H18OS. The Kier molecular flexibility index (Phi) is 3.57. The number of ketones is 1. The lowest BCUT2D eigenvalue weighted by Crippen LogP contribution is -2.21. The van der Waals surface area contributed by atoms with Crippen LogP contribution in [0.5, 0.6) is 0 Å². The molecule has 0 radical (unpaired) electrons. The molecule has 0 bridgehead atoms. The third-order valence-corrected chi connectivity index (χ3v) is 4.44. The van der Waals surface area contributed by atoms with Gasteiger partial charge in [0.15, 0.2) is 5.78 Å². The van der Waals surface area contributed by atoms with Crippen LogP contribution in [0.2, 0.25) is 0 Å². The molecule has 1 aliphatic carbocycles. The molecule has 0 saturated heterocycles. The van der Waals surface area contributed by atoms with Crippen LogP contribution < -0.4 is 0 Å². The van der Waals surface area contributed by atoms with Crippen LogP contribution in [0.4, 0.5) is 0 Å². The van der Waals surface area contributed by atoms with Gasteiger partial charge in [-0.2, -0.15) is 0 Å². The lowest BCUT2D eigenvalue weighted by atomic mass is 9.79. The lowest BCUT2D eigenvalue weighted by Gasteiger charge is -2.26. The first kappa shape index (κ1) is 10.9. The molecule has 0 amide bonds. The molecule has 1 heterocycles. The molecule has 0 N–H and O–H groups in total. The third-order valence-electron chi connectivity index (χ3n) is 3.56. The molecular weight excluding hydrogens is 204 g/mol. The smallest absolute Gasteiger partial charge is 0.175 e. The van der Waals surface area contributed by atoms with Crippen molar-refractivity contribution in [1.82, 2.24) is 0 Å². The van der Waals surface area contributed by atoms with E-state index in [1.54, 1.807) is 11.3 Å². The number of Topliss-reactive ketones (excluding diaryl/α,β-unsaturated/α-hetero) is 1. The Hall–Kier alpha value is -0.630. The van der Waals surface area contributed by atoms with E-state index in [1.165, 1.54) is 19.3 Å². The Morgan fingerprint density at radius 1 is 1.40 bits per heavy atom. The Bertz CT molecular complexity index is 307. The summed E-state index contributed by atoms with van der Waals surface area (Å²) in [6, 6.07) is 3.93. The molecule has 15 heavy (non-hydrogen) atoms. The molecule has 2 heteroatoms. The number of carbonyl (C=O) groups excluding carboxylic acids is 1. The average molecular weight is 222 g/mol. The van der Waals surface area contributed by atoms with Crippen molar-refractivity contribution < 1.29 is 4.79 Å².